The first-order valence-corrected chi connectivity index (χ1v) is 7.87. The normalized spacial score (nSPS) is 11.1. The Kier molecular flexibility index (Phi) is 6.22. The van der Waals surface area contributed by atoms with E-state index in [0.29, 0.717) is 5.75 Å². The van der Waals surface area contributed by atoms with E-state index in [1.165, 1.54) is 6.07 Å². The second-order valence-electron chi connectivity index (χ2n) is 5.91. The Morgan fingerprint density at radius 1 is 1.24 bits per heavy atom. The van der Waals surface area contributed by atoms with Gasteiger partial charge in [0.1, 0.15) is 17.4 Å². The Morgan fingerprint density at radius 3 is 2.56 bits per heavy atom. The van der Waals surface area contributed by atoms with E-state index in [1.807, 2.05) is 39.0 Å². The zero-order valence-corrected chi connectivity index (χ0v) is 14.3. The predicted molar refractivity (Wildman–Crippen MR) is 92.9 cm³/mol. The van der Waals surface area contributed by atoms with Crippen molar-refractivity contribution in [3.05, 3.63) is 64.7 Å². The summed E-state index contributed by atoms with van der Waals surface area (Å²) in [6, 6.07) is 9.28. The maximum absolute atomic E-state index is 13.4. The van der Waals surface area contributed by atoms with Crippen molar-refractivity contribution in [2.45, 2.75) is 26.7 Å². The highest BCUT2D eigenvalue weighted by Crippen LogP contribution is 2.27. The van der Waals surface area contributed by atoms with Crippen LogP contribution in [0.5, 0.6) is 5.75 Å². The minimum atomic E-state index is -0.754. The monoisotopic (exact) mass is 346 g/mol. The van der Waals surface area contributed by atoms with Gasteiger partial charge in [0.2, 0.25) is 0 Å². The molecule has 2 rings (SSSR count). The molecule has 0 saturated heterocycles. The van der Waals surface area contributed by atoms with Crippen molar-refractivity contribution in [3.8, 4) is 5.75 Å². The second-order valence-corrected chi connectivity index (χ2v) is 5.91. The standard InChI is InChI=1S/C19H20F2N2O2/c1-12(2)14-8-7-13(3)9-18(14)25-11-19(24)23-22-10-15-16(20)5-4-6-17(15)21/h4-10,12H,11H2,1-3H3,(H,23,24)/b22-10-. The fourth-order valence-electron chi connectivity index (χ4n) is 2.22. The molecule has 1 amide bonds. The highest BCUT2D eigenvalue weighted by Gasteiger charge is 2.10. The van der Waals surface area contributed by atoms with Gasteiger partial charge in [-0.3, -0.25) is 4.79 Å². The Bertz CT molecular complexity index is 769. The number of nitrogens with zero attached hydrogens (tertiary/aromatic N) is 1. The van der Waals surface area contributed by atoms with Crippen LogP contribution in [-0.2, 0) is 4.79 Å². The predicted octanol–water partition coefficient (Wildman–Crippen LogP) is 3.93. The van der Waals surface area contributed by atoms with E-state index in [2.05, 4.69) is 10.5 Å². The molecule has 0 atom stereocenters. The van der Waals surface area contributed by atoms with Gasteiger partial charge in [-0.25, -0.2) is 14.2 Å². The van der Waals surface area contributed by atoms with Crippen molar-refractivity contribution in [1.29, 1.82) is 0 Å². The fourth-order valence-corrected chi connectivity index (χ4v) is 2.22. The first-order valence-electron chi connectivity index (χ1n) is 7.87. The second kappa shape index (κ2) is 8.37. The van der Waals surface area contributed by atoms with Gasteiger partial charge >= 0.3 is 0 Å². The van der Waals surface area contributed by atoms with Crippen molar-refractivity contribution in [3.63, 3.8) is 0 Å². The summed E-state index contributed by atoms with van der Waals surface area (Å²) in [7, 11) is 0. The van der Waals surface area contributed by atoms with Crippen LogP contribution < -0.4 is 10.2 Å². The summed E-state index contributed by atoms with van der Waals surface area (Å²) in [5, 5.41) is 3.57. The number of nitrogens with one attached hydrogen (secondary N) is 1. The number of carbonyl (C=O) groups is 1. The number of ether oxygens (including phenoxy) is 1. The highest BCUT2D eigenvalue weighted by atomic mass is 19.1. The number of benzene rings is 2. The number of aryl methyl sites for hydroxylation is 1. The van der Waals surface area contributed by atoms with Gasteiger partial charge in [0.05, 0.1) is 11.8 Å². The Balaban J connectivity index is 1.96. The molecule has 0 spiro atoms. The third kappa shape index (κ3) is 5.11. The minimum absolute atomic E-state index is 0.250. The van der Waals surface area contributed by atoms with Crippen LogP contribution in [0.3, 0.4) is 0 Å². The molecule has 1 N–H and O–H groups in total. The molecule has 0 saturated carbocycles. The van der Waals surface area contributed by atoms with Crippen LogP contribution in [0.25, 0.3) is 0 Å². The number of carbonyl (C=O) groups excluding carboxylic acids is 1. The van der Waals surface area contributed by atoms with Gasteiger partial charge in [-0.15, -0.1) is 0 Å². The molecular weight excluding hydrogens is 326 g/mol. The van der Waals surface area contributed by atoms with Gasteiger partial charge in [-0.1, -0.05) is 32.0 Å². The molecule has 0 fully saturated rings. The molecular formula is C19H20F2N2O2. The van der Waals surface area contributed by atoms with Crippen LogP contribution in [0.2, 0.25) is 0 Å². The number of hydrazone groups is 1. The molecule has 6 heteroatoms. The molecule has 0 aromatic heterocycles. The number of rotatable bonds is 6. The molecule has 0 radical (unpaired) electrons. The topological polar surface area (TPSA) is 50.7 Å². The molecule has 0 bridgehead atoms. The molecule has 0 unspecified atom stereocenters. The number of amides is 1. The van der Waals surface area contributed by atoms with E-state index in [-0.39, 0.29) is 18.1 Å². The summed E-state index contributed by atoms with van der Waals surface area (Å²) in [6.45, 7) is 5.75. The number of halogens is 2. The molecule has 0 aliphatic carbocycles. The van der Waals surface area contributed by atoms with Crippen LogP contribution in [0.4, 0.5) is 8.78 Å². The lowest BCUT2D eigenvalue weighted by atomic mass is 10.0. The molecule has 0 aliphatic heterocycles. The average molecular weight is 346 g/mol. The highest BCUT2D eigenvalue weighted by molar-refractivity contribution is 5.83. The first kappa shape index (κ1) is 18.6. The first-order chi connectivity index (χ1) is 11.9. The lowest BCUT2D eigenvalue weighted by Crippen LogP contribution is -2.25. The minimum Gasteiger partial charge on any atom is -0.483 e. The van der Waals surface area contributed by atoms with E-state index in [9.17, 15) is 13.6 Å². The maximum Gasteiger partial charge on any atom is 0.277 e. The summed E-state index contributed by atoms with van der Waals surface area (Å²) in [5.74, 6) is -1.15. The van der Waals surface area contributed by atoms with Crippen molar-refractivity contribution >= 4 is 12.1 Å². The average Bonchev–Trinajstić information content (AvgIpc) is 2.55. The summed E-state index contributed by atoms with van der Waals surface area (Å²) in [6.07, 6.45) is 0.925. The van der Waals surface area contributed by atoms with Crippen LogP contribution in [0.15, 0.2) is 41.5 Å². The maximum atomic E-state index is 13.4. The van der Waals surface area contributed by atoms with Crippen LogP contribution >= 0.6 is 0 Å². The smallest absolute Gasteiger partial charge is 0.277 e. The van der Waals surface area contributed by atoms with Crippen molar-refractivity contribution < 1.29 is 18.3 Å². The lowest BCUT2D eigenvalue weighted by molar-refractivity contribution is -0.123. The SMILES string of the molecule is Cc1ccc(C(C)C)c(OCC(=O)N/N=C\c2c(F)cccc2F)c1. The van der Waals surface area contributed by atoms with Gasteiger partial charge in [0.15, 0.2) is 6.61 Å². The van der Waals surface area contributed by atoms with E-state index < -0.39 is 17.5 Å². The zero-order chi connectivity index (χ0) is 18.4. The van der Waals surface area contributed by atoms with Gasteiger partial charge in [0, 0.05) is 0 Å². The third-order valence-electron chi connectivity index (χ3n) is 3.53. The number of hydrogen-bond donors (Lipinski definition) is 1. The number of hydrogen-bond acceptors (Lipinski definition) is 3. The molecule has 0 heterocycles. The van der Waals surface area contributed by atoms with Crippen LogP contribution in [-0.4, -0.2) is 18.7 Å². The Labute approximate surface area is 145 Å². The molecule has 2 aromatic rings. The lowest BCUT2D eigenvalue weighted by Gasteiger charge is -2.14. The molecule has 25 heavy (non-hydrogen) atoms. The Morgan fingerprint density at radius 2 is 1.92 bits per heavy atom. The fraction of sp³-hybridized carbons (Fsp3) is 0.263. The van der Waals surface area contributed by atoms with Crippen molar-refractivity contribution in [2.24, 2.45) is 5.10 Å². The summed E-state index contributed by atoms with van der Waals surface area (Å²) >= 11 is 0. The zero-order valence-electron chi connectivity index (χ0n) is 14.3. The molecule has 2 aromatic carbocycles. The van der Waals surface area contributed by atoms with Gasteiger partial charge in [-0.2, -0.15) is 5.10 Å². The summed E-state index contributed by atoms with van der Waals surface area (Å²) < 4.78 is 32.4. The van der Waals surface area contributed by atoms with Gasteiger partial charge in [-0.05, 0) is 42.2 Å². The van der Waals surface area contributed by atoms with Crippen LogP contribution in [0.1, 0.15) is 36.5 Å². The quantitative estimate of drug-likeness (QED) is 0.636. The largest absolute Gasteiger partial charge is 0.483 e. The van der Waals surface area contributed by atoms with E-state index in [0.717, 1.165) is 29.5 Å². The van der Waals surface area contributed by atoms with Gasteiger partial charge in [0.25, 0.3) is 5.91 Å². The van der Waals surface area contributed by atoms with E-state index >= 15 is 0 Å². The van der Waals surface area contributed by atoms with Crippen LogP contribution in [0, 0.1) is 18.6 Å². The van der Waals surface area contributed by atoms with E-state index in [4.69, 9.17) is 4.74 Å². The van der Waals surface area contributed by atoms with Crippen molar-refractivity contribution in [2.75, 3.05) is 6.61 Å². The molecule has 132 valence electrons. The van der Waals surface area contributed by atoms with Gasteiger partial charge < -0.3 is 4.74 Å². The molecule has 4 nitrogen and oxygen atoms in total. The third-order valence-corrected chi connectivity index (χ3v) is 3.53. The Hall–Kier alpha value is -2.76. The summed E-state index contributed by atoms with van der Waals surface area (Å²) in [4.78, 5) is 11.8. The van der Waals surface area contributed by atoms with E-state index in [1.54, 1.807) is 0 Å². The summed E-state index contributed by atoms with van der Waals surface area (Å²) in [5.41, 5.74) is 3.89. The molecule has 0 aliphatic rings. The van der Waals surface area contributed by atoms with Crippen molar-refractivity contribution in [1.82, 2.24) is 5.43 Å².